The van der Waals surface area contributed by atoms with Crippen LogP contribution in [0.5, 0.6) is 5.75 Å². The maximum Gasteiger partial charge on any atom is 0.354 e. The fourth-order valence-corrected chi connectivity index (χ4v) is 3.22. The van der Waals surface area contributed by atoms with Crippen LogP contribution >= 0.6 is 11.6 Å². The fourth-order valence-electron chi connectivity index (χ4n) is 3.09. The summed E-state index contributed by atoms with van der Waals surface area (Å²) >= 11 is 5.97. The Balaban J connectivity index is 2.10. The number of carboxylic acid groups (broad SMARTS) is 1. The molecule has 0 amide bonds. The molecule has 0 spiro atoms. The zero-order chi connectivity index (χ0) is 24.1. The van der Waals surface area contributed by atoms with E-state index in [2.05, 4.69) is 10.3 Å². The van der Waals surface area contributed by atoms with Crippen LogP contribution in [0.4, 0.5) is 11.6 Å². The molecule has 174 valence electrons. The average Bonchev–Trinajstić information content (AvgIpc) is 2.76. The van der Waals surface area contributed by atoms with Crippen LogP contribution in [0.1, 0.15) is 26.3 Å². The molecule has 0 aliphatic carbocycles. The summed E-state index contributed by atoms with van der Waals surface area (Å²) in [5.74, 6) is -1.52. The maximum absolute atomic E-state index is 13.3. The van der Waals surface area contributed by atoms with Crippen molar-refractivity contribution in [2.45, 2.75) is 40.0 Å². The summed E-state index contributed by atoms with van der Waals surface area (Å²) in [6, 6.07) is 14.0. The van der Waals surface area contributed by atoms with Crippen molar-refractivity contribution in [3.63, 3.8) is 0 Å². The van der Waals surface area contributed by atoms with E-state index in [-0.39, 0.29) is 25.1 Å². The number of para-hydroxylation sites is 2. The molecule has 2 N–H and O–H groups in total. The normalized spacial score (nSPS) is 11.9. The first-order valence-corrected chi connectivity index (χ1v) is 10.7. The highest BCUT2D eigenvalue weighted by Crippen LogP contribution is 2.27. The minimum absolute atomic E-state index is 0.0129. The van der Waals surface area contributed by atoms with E-state index in [1.54, 1.807) is 42.5 Å². The Morgan fingerprint density at radius 2 is 1.76 bits per heavy atom. The van der Waals surface area contributed by atoms with Crippen molar-refractivity contribution in [2.24, 2.45) is 5.92 Å². The molecule has 0 aliphatic heterocycles. The van der Waals surface area contributed by atoms with E-state index < -0.39 is 23.3 Å². The Morgan fingerprint density at radius 1 is 1.09 bits per heavy atom. The van der Waals surface area contributed by atoms with Gasteiger partial charge in [0.25, 0.3) is 0 Å². The summed E-state index contributed by atoms with van der Waals surface area (Å²) in [4.78, 5) is 41.3. The third-order valence-electron chi connectivity index (χ3n) is 4.78. The molecular formula is C23H25ClN4O5. The number of nitrogens with one attached hydrogen (secondary N) is 1. The Labute approximate surface area is 195 Å². The molecule has 33 heavy (non-hydrogen) atoms. The number of anilines is 2. The lowest BCUT2D eigenvalue weighted by molar-refractivity contribution is -0.141. The number of benzene rings is 2. The van der Waals surface area contributed by atoms with Crippen LogP contribution in [0, 0.1) is 5.92 Å². The van der Waals surface area contributed by atoms with E-state index >= 15 is 0 Å². The van der Waals surface area contributed by atoms with Gasteiger partial charge < -0.3 is 15.2 Å². The molecule has 10 heteroatoms. The number of carboxylic acids is 1. The molecule has 0 aliphatic rings. The van der Waals surface area contributed by atoms with Crippen molar-refractivity contribution < 1.29 is 14.6 Å². The highest BCUT2D eigenvalue weighted by molar-refractivity contribution is 6.30. The van der Waals surface area contributed by atoms with E-state index in [0.717, 1.165) is 10.1 Å². The molecular weight excluding hydrogens is 448 g/mol. The average molecular weight is 473 g/mol. The van der Waals surface area contributed by atoms with Crippen molar-refractivity contribution >= 4 is 29.2 Å². The first-order valence-electron chi connectivity index (χ1n) is 10.4. The van der Waals surface area contributed by atoms with Gasteiger partial charge in [-0.15, -0.1) is 0 Å². The van der Waals surface area contributed by atoms with Crippen molar-refractivity contribution in [3.05, 3.63) is 80.1 Å². The molecule has 2 aromatic carbocycles. The molecule has 0 unspecified atom stereocenters. The van der Waals surface area contributed by atoms with Gasteiger partial charge in [0, 0.05) is 11.6 Å². The van der Waals surface area contributed by atoms with Gasteiger partial charge in [0.2, 0.25) is 5.95 Å². The standard InChI is InChI=1S/C23H25ClN4O5/c1-14(2)33-19-7-5-4-6-18(19)25-21-26-22(31)28(12-15(3)20(29)30)23(32)27(21)13-16-8-10-17(24)11-9-16/h4-11,14-15H,12-13H2,1-3H3,(H,29,30)(H,25,26,31)/t15-/m0/s1. The molecule has 1 atom stereocenters. The van der Waals surface area contributed by atoms with Crippen LogP contribution in [-0.2, 0) is 17.9 Å². The summed E-state index contributed by atoms with van der Waals surface area (Å²) in [7, 11) is 0. The van der Waals surface area contributed by atoms with Gasteiger partial charge in [-0.3, -0.25) is 9.36 Å². The Kier molecular flexibility index (Phi) is 7.55. The number of nitrogens with zero attached hydrogens (tertiary/aromatic N) is 3. The first-order chi connectivity index (χ1) is 15.7. The third kappa shape index (κ3) is 6.01. The highest BCUT2D eigenvalue weighted by atomic mass is 35.5. The first kappa shape index (κ1) is 24.1. The van der Waals surface area contributed by atoms with Crippen molar-refractivity contribution in [1.82, 2.24) is 14.1 Å². The van der Waals surface area contributed by atoms with Crippen molar-refractivity contribution in [1.29, 1.82) is 0 Å². The topological polar surface area (TPSA) is 115 Å². The van der Waals surface area contributed by atoms with E-state index in [0.29, 0.717) is 16.5 Å². The van der Waals surface area contributed by atoms with Gasteiger partial charge in [-0.05, 0) is 43.7 Å². The van der Waals surface area contributed by atoms with Crippen LogP contribution in [0.25, 0.3) is 0 Å². The monoisotopic (exact) mass is 472 g/mol. The predicted molar refractivity (Wildman–Crippen MR) is 126 cm³/mol. The summed E-state index contributed by atoms with van der Waals surface area (Å²) in [6.45, 7) is 4.98. The van der Waals surface area contributed by atoms with Crippen LogP contribution in [0.15, 0.2) is 58.1 Å². The van der Waals surface area contributed by atoms with E-state index in [9.17, 15) is 19.5 Å². The minimum Gasteiger partial charge on any atom is -0.489 e. The number of carbonyl (C=O) groups is 1. The SMILES string of the molecule is CC(C)Oc1ccccc1Nc1nc(=O)n(C[C@H](C)C(=O)O)c(=O)n1Cc1ccc(Cl)cc1. The summed E-state index contributed by atoms with van der Waals surface area (Å²) in [6.07, 6.45) is -0.0947. The summed E-state index contributed by atoms with van der Waals surface area (Å²) in [5.41, 5.74) is -0.249. The highest BCUT2D eigenvalue weighted by Gasteiger charge is 2.19. The maximum atomic E-state index is 13.3. The minimum atomic E-state index is -1.12. The zero-order valence-corrected chi connectivity index (χ0v) is 19.2. The fraction of sp³-hybridized carbons (Fsp3) is 0.304. The summed E-state index contributed by atoms with van der Waals surface area (Å²) < 4.78 is 7.92. The molecule has 1 heterocycles. The number of hydrogen-bond acceptors (Lipinski definition) is 6. The second kappa shape index (κ2) is 10.4. The second-order valence-electron chi connectivity index (χ2n) is 7.85. The van der Waals surface area contributed by atoms with Crippen LogP contribution < -0.4 is 21.4 Å². The van der Waals surface area contributed by atoms with Crippen LogP contribution in [-0.4, -0.2) is 31.3 Å². The molecule has 0 radical (unpaired) electrons. The van der Waals surface area contributed by atoms with Gasteiger partial charge in [-0.1, -0.05) is 42.8 Å². The number of aromatic nitrogens is 3. The van der Waals surface area contributed by atoms with Crippen molar-refractivity contribution in [3.8, 4) is 5.75 Å². The third-order valence-corrected chi connectivity index (χ3v) is 5.03. The van der Waals surface area contributed by atoms with E-state index in [4.69, 9.17) is 16.3 Å². The number of rotatable bonds is 9. The van der Waals surface area contributed by atoms with Gasteiger partial charge >= 0.3 is 17.3 Å². The van der Waals surface area contributed by atoms with Gasteiger partial charge in [0.1, 0.15) is 5.75 Å². The molecule has 0 saturated carbocycles. The van der Waals surface area contributed by atoms with E-state index in [1.807, 2.05) is 19.9 Å². The lowest BCUT2D eigenvalue weighted by Crippen LogP contribution is -2.44. The number of aliphatic carboxylic acids is 1. The summed E-state index contributed by atoms with van der Waals surface area (Å²) in [5, 5.41) is 12.8. The van der Waals surface area contributed by atoms with Crippen molar-refractivity contribution in [2.75, 3.05) is 5.32 Å². The quantitative estimate of drug-likeness (QED) is 0.490. The predicted octanol–water partition coefficient (Wildman–Crippen LogP) is 3.36. The molecule has 3 rings (SSSR count). The Bertz CT molecular complexity index is 1250. The van der Waals surface area contributed by atoms with Gasteiger partial charge in [-0.25, -0.2) is 14.2 Å². The number of hydrogen-bond donors (Lipinski definition) is 2. The Hall–Kier alpha value is -3.59. The number of halogens is 1. The molecule has 0 bridgehead atoms. The van der Waals surface area contributed by atoms with Crippen LogP contribution in [0.2, 0.25) is 5.02 Å². The molecule has 3 aromatic rings. The van der Waals surface area contributed by atoms with Gasteiger partial charge in [0.15, 0.2) is 0 Å². The lowest BCUT2D eigenvalue weighted by Gasteiger charge is -2.19. The second-order valence-corrected chi connectivity index (χ2v) is 8.29. The Morgan fingerprint density at radius 3 is 2.39 bits per heavy atom. The zero-order valence-electron chi connectivity index (χ0n) is 18.5. The smallest absolute Gasteiger partial charge is 0.354 e. The van der Waals surface area contributed by atoms with Gasteiger partial charge in [-0.2, -0.15) is 4.98 Å². The van der Waals surface area contributed by atoms with Gasteiger partial charge in [0.05, 0.1) is 24.3 Å². The molecule has 9 nitrogen and oxygen atoms in total. The molecule has 1 aromatic heterocycles. The van der Waals surface area contributed by atoms with E-state index in [1.165, 1.54) is 11.5 Å². The molecule has 0 fully saturated rings. The van der Waals surface area contributed by atoms with Crippen LogP contribution in [0.3, 0.4) is 0 Å². The number of ether oxygens (including phenoxy) is 1. The molecule has 0 saturated heterocycles. The lowest BCUT2D eigenvalue weighted by atomic mass is 10.2. The largest absolute Gasteiger partial charge is 0.489 e.